The number of anilines is 1. The molecule has 3 rings (SSSR count). The van der Waals surface area contributed by atoms with Crippen LogP contribution < -0.4 is 5.32 Å². The van der Waals surface area contributed by atoms with Crippen LogP contribution in [0.1, 0.15) is 11.3 Å². The van der Waals surface area contributed by atoms with Gasteiger partial charge in [-0.2, -0.15) is 0 Å². The molecule has 0 fully saturated rings. The van der Waals surface area contributed by atoms with E-state index in [2.05, 4.69) is 5.32 Å². The second kappa shape index (κ2) is 12.0. The van der Waals surface area contributed by atoms with Crippen molar-refractivity contribution in [2.45, 2.75) is 13.1 Å². The highest BCUT2D eigenvalue weighted by atomic mass is 35.5. The van der Waals surface area contributed by atoms with Gasteiger partial charge < -0.3 is 24.3 Å². The quantitative estimate of drug-likeness (QED) is 0.459. The summed E-state index contributed by atoms with van der Waals surface area (Å²) in [6, 6.07) is 16.4. The molecular formula is C24H25ClFN3O4. The summed E-state index contributed by atoms with van der Waals surface area (Å²) in [5.74, 6) is -0.220. The van der Waals surface area contributed by atoms with E-state index in [1.54, 1.807) is 23.3 Å². The van der Waals surface area contributed by atoms with Crippen LogP contribution in [0.15, 0.2) is 71.3 Å². The Morgan fingerprint density at radius 3 is 2.52 bits per heavy atom. The van der Waals surface area contributed by atoms with Gasteiger partial charge in [-0.1, -0.05) is 41.9 Å². The molecule has 1 heterocycles. The molecule has 0 bridgehead atoms. The smallest absolute Gasteiger partial charge is 0.322 e. The lowest BCUT2D eigenvalue weighted by Crippen LogP contribution is -2.45. The predicted molar refractivity (Wildman–Crippen MR) is 123 cm³/mol. The summed E-state index contributed by atoms with van der Waals surface area (Å²) < 4.78 is 23.9. The molecule has 174 valence electrons. The number of hydrogen-bond donors (Lipinski definition) is 1. The number of carbonyl (C=O) groups excluding carboxylic acids is 2. The molecular weight excluding hydrogens is 449 g/mol. The normalized spacial score (nSPS) is 10.6. The van der Waals surface area contributed by atoms with E-state index in [9.17, 15) is 14.0 Å². The van der Waals surface area contributed by atoms with Gasteiger partial charge >= 0.3 is 6.03 Å². The number of carbonyl (C=O) groups is 2. The van der Waals surface area contributed by atoms with Crippen LogP contribution >= 0.6 is 11.6 Å². The third-order valence-electron chi connectivity index (χ3n) is 4.85. The maximum absolute atomic E-state index is 13.4. The minimum Gasteiger partial charge on any atom is -0.467 e. The Hall–Kier alpha value is -3.36. The summed E-state index contributed by atoms with van der Waals surface area (Å²) in [6.07, 6.45) is 1.55. The first-order valence-electron chi connectivity index (χ1n) is 10.3. The van der Waals surface area contributed by atoms with Gasteiger partial charge in [0.1, 0.15) is 18.1 Å². The third kappa shape index (κ3) is 7.34. The lowest BCUT2D eigenvalue weighted by Gasteiger charge is -2.27. The number of amides is 3. The molecule has 0 atom stereocenters. The number of urea groups is 1. The number of benzene rings is 2. The van der Waals surface area contributed by atoms with Crippen molar-refractivity contribution < 1.29 is 23.1 Å². The van der Waals surface area contributed by atoms with Crippen molar-refractivity contribution in [1.29, 1.82) is 0 Å². The van der Waals surface area contributed by atoms with E-state index in [0.29, 0.717) is 18.0 Å². The van der Waals surface area contributed by atoms with E-state index in [0.717, 1.165) is 11.6 Å². The average Bonchev–Trinajstić information content (AvgIpc) is 3.32. The zero-order valence-corrected chi connectivity index (χ0v) is 18.9. The first-order valence-corrected chi connectivity index (χ1v) is 10.7. The molecule has 3 amide bonds. The van der Waals surface area contributed by atoms with Gasteiger partial charge in [-0.15, -0.1) is 0 Å². The zero-order chi connectivity index (χ0) is 23.6. The van der Waals surface area contributed by atoms with Crippen molar-refractivity contribution in [2.24, 2.45) is 0 Å². The minimum atomic E-state index is -0.587. The molecule has 0 saturated carbocycles. The SMILES string of the molecule is COCCN(CC(=O)N(Cc1ccccc1)Cc1ccco1)C(=O)Nc1ccc(F)c(Cl)c1. The molecule has 9 heteroatoms. The van der Waals surface area contributed by atoms with Gasteiger partial charge in [0.05, 0.1) is 24.4 Å². The molecule has 33 heavy (non-hydrogen) atoms. The fourth-order valence-corrected chi connectivity index (χ4v) is 3.30. The largest absolute Gasteiger partial charge is 0.467 e. The molecule has 0 unspecified atom stereocenters. The van der Waals surface area contributed by atoms with E-state index in [-0.39, 0.29) is 37.2 Å². The first kappa shape index (κ1) is 24.3. The molecule has 0 saturated heterocycles. The molecule has 0 aliphatic heterocycles. The summed E-state index contributed by atoms with van der Waals surface area (Å²) in [7, 11) is 1.51. The van der Waals surface area contributed by atoms with Gasteiger partial charge in [0.15, 0.2) is 0 Å². The van der Waals surface area contributed by atoms with Crippen molar-refractivity contribution in [2.75, 3.05) is 32.1 Å². The molecule has 0 spiro atoms. The molecule has 2 aromatic carbocycles. The molecule has 7 nitrogen and oxygen atoms in total. The zero-order valence-electron chi connectivity index (χ0n) is 18.2. The molecule has 0 radical (unpaired) electrons. The van der Waals surface area contributed by atoms with Crippen molar-refractivity contribution in [3.05, 3.63) is 89.1 Å². The number of ether oxygens (including phenoxy) is 1. The van der Waals surface area contributed by atoms with E-state index < -0.39 is 11.8 Å². The number of nitrogens with one attached hydrogen (secondary N) is 1. The Balaban J connectivity index is 1.74. The highest BCUT2D eigenvalue weighted by Gasteiger charge is 2.23. The standard InChI is InChI=1S/C24H25ClFN3O4/c1-32-13-11-28(24(31)27-19-9-10-22(26)21(25)14-19)17-23(30)29(16-20-8-5-12-33-20)15-18-6-3-2-4-7-18/h2-10,12,14H,11,13,15-17H2,1H3,(H,27,31). The van der Waals surface area contributed by atoms with Crippen LogP contribution in [0.25, 0.3) is 0 Å². The van der Waals surface area contributed by atoms with Crippen molar-refractivity contribution in [3.63, 3.8) is 0 Å². The Bertz CT molecular complexity index is 1050. The van der Waals surface area contributed by atoms with E-state index >= 15 is 0 Å². The molecule has 3 aromatic rings. The number of furan rings is 1. The number of nitrogens with zero attached hydrogens (tertiary/aromatic N) is 2. The van der Waals surface area contributed by atoms with Crippen LogP contribution in [0.3, 0.4) is 0 Å². The lowest BCUT2D eigenvalue weighted by molar-refractivity contribution is -0.133. The lowest BCUT2D eigenvalue weighted by atomic mass is 10.2. The maximum atomic E-state index is 13.4. The Morgan fingerprint density at radius 1 is 1.06 bits per heavy atom. The van der Waals surface area contributed by atoms with Crippen LogP contribution in [0.5, 0.6) is 0 Å². The van der Waals surface area contributed by atoms with E-state index in [1.165, 1.54) is 24.1 Å². The molecule has 0 aliphatic carbocycles. The Morgan fingerprint density at radius 2 is 1.85 bits per heavy atom. The second-order valence-electron chi connectivity index (χ2n) is 7.29. The molecule has 1 aromatic heterocycles. The van der Waals surface area contributed by atoms with E-state index in [1.807, 2.05) is 30.3 Å². The predicted octanol–water partition coefficient (Wildman–Crippen LogP) is 4.78. The van der Waals surface area contributed by atoms with Gasteiger partial charge in [-0.3, -0.25) is 4.79 Å². The summed E-state index contributed by atoms with van der Waals surface area (Å²) in [5.41, 5.74) is 1.27. The first-order chi connectivity index (χ1) is 16.0. The van der Waals surface area contributed by atoms with Crippen molar-refractivity contribution in [1.82, 2.24) is 9.80 Å². The van der Waals surface area contributed by atoms with Crippen LogP contribution in [0.2, 0.25) is 5.02 Å². The van der Waals surface area contributed by atoms with Crippen LogP contribution in [-0.4, -0.2) is 48.5 Å². The van der Waals surface area contributed by atoms with Crippen molar-refractivity contribution in [3.8, 4) is 0 Å². The summed E-state index contributed by atoms with van der Waals surface area (Å²) >= 11 is 5.80. The topological polar surface area (TPSA) is 75.0 Å². The second-order valence-corrected chi connectivity index (χ2v) is 7.70. The summed E-state index contributed by atoms with van der Waals surface area (Å²) in [4.78, 5) is 29.1. The Labute approximate surface area is 196 Å². The minimum absolute atomic E-state index is 0.111. The molecule has 1 N–H and O–H groups in total. The molecule has 0 aliphatic rings. The number of rotatable bonds is 10. The van der Waals surface area contributed by atoms with Gasteiger partial charge in [0.2, 0.25) is 5.91 Å². The van der Waals surface area contributed by atoms with Crippen LogP contribution in [-0.2, 0) is 22.6 Å². The maximum Gasteiger partial charge on any atom is 0.322 e. The number of hydrogen-bond acceptors (Lipinski definition) is 4. The highest BCUT2D eigenvalue weighted by molar-refractivity contribution is 6.31. The fraction of sp³-hybridized carbons (Fsp3) is 0.250. The van der Waals surface area contributed by atoms with Gasteiger partial charge in [-0.05, 0) is 35.9 Å². The summed E-state index contributed by atoms with van der Waals surface area (Å²) in [5, 5.41) is 2.54. The number of methoxy groups -OCH3 is 1. The average molecular weight is 474 g/mol. The van der Waals surface area contributed by atoms with Crippen LogP contribution in [0, 0.1) is 5.82 Å². The van der Waals surface area contributed by atoms with Gasteiger partial charge in [0, 0.05) is 25.9 Å². The monoisotopic (exact) mass is 473 g/mol. The summed E-state index contributed by atoms with van der Waals surface area (Å²) in [6.45, 7) is 0.851. The number of halogens is 2. The van der Waals surface area contributed by atoms with Crippen LogP contribution in [0.4, 0.5) is 14.9 Å². The van der Waals surface area contributed by atoms with Gasteiger partial charge in [-0.25, -0.2) is 9.18 Å². The fourth-order valence-electron chi connectivity index (χ4n) is 3.12. The van der Waals surface area contributed by atoms with Gasteiger partial charge in [0.25, 0.3) is 0 Å². The third-order valence-corrected chi connectivity index (χ3v) is 5.13. The Kier molecular flexibility index (Phi) is 8.86. The highest BCUT2D eigenvalue weighted by Crippen LogP contribution is 2.20. The van der Waals surface area contributed by atoms with E-state index in [4.69, 9.17) is 20.8 Å². The van der Waals surface area contributed by atoms with Crippen molar-refractivity contribution >= 4 is 29.2 Å².